The van der Waals surface area contributed by atoms with Crippen LogP contribution >= 0.6 is 11.3 Å². The summed E-state index contributed by atoms with van der Waals surface area (Å²) in [6, 6.07) is 0. The van der Waals surface area contributed by atoms with Crippen LogP contribution in [-0.4, -0.2) is 36.8 Å². The van der Waals surface area contributed by atoms with E-state index in [4.69, 9.17) is 4.74 Å². The van der Waals surface area contributed by atoms with Crippen molar-refractivity contribution < 1.29 is 14.3 Å². The van der Waals surface area contributed by atoms with E-state index in [1.807, 2.05) is 5.38 Å². The standard InChI is InChI=1S/C13H20N2O3S/c1-13(6-3-7-18-9-13)15-12-14-10(8-19-12)4-5-11(16)17-2/h8H,3-7,9H2,1-2H3,(H,14,15). The van der Waals surface area contributed by atoms with E-state index in [0.717, 1.165) is 30.3 Å². The first-order chi connectivity index (χ1) is 9.11. The highest BCUT2D eigenvalue weighted by molar-refractivity contribution is 7.13. The Morgan fingerprint density at radius 2 is 2.53 bits per heavy atom. The van der Waals surface area contributed by atoms with Crippen LogP contribution < -0.4 is 5.32 Å². The first-order valence-corrected chi connectivity index (χ1v) is 7.36. The van der Waals surface area contributed by atoms with Crippen LogP contribution in [0.25, 0.3) is 0 Å². The van der Waals surface area contributed by atoms with Crippen molar-refractivity contribution >= 4 is 22.4 Å². The number of nitrogens with zero attached hydrogens (tertiary/aromatic N) is 1. The molecule has 0 bridgehead atoms. The smallest absolute Gasteiger partial charge is 0.305 e. The van der Waals surface area contributed by atoms with E-state index in [-0.39, 0.29) is 11.5 Å². The maximum Gasteiger partial charge on any atom is 0.305 e. The van der Waals surface area contributed by atoms with E-state index >= 15 is 0 Å². The fourth-order valence-corrected chi connectivity index (χ4v) is 3.00. The minimum atomic E-state index is -0.199. The zero-order chi connectivity index (χ0) is 13.7. The molecule has 1 atom stereocenters. The summed E-state index contributed by atoms with van der Waals surface area (Å²) < 4.78 is 10.1. The van der Waals surface area contributed by atoms with Gasteiger partial charge in [-0.1, -0.05) is 0 Å². The molecule has 5 nitrogen and oxygen atoms in total. The van der Waals surface area contributed by atoms with E-state index < -0.39 is 0 Å². The number of thiazole rings is 1. The lowest BCUT2D eigenvalue weighted by Crippen LogP contribution is -2.42. The van der Waals surface area contributed by atoms with Gasteiger partial charge in [-0.2, -0.15) is 0 Å². The highest BCUT2D eigenvalue weighted by atomic mass is 32.1. The van der Waals surface area contributed by atoms with E-state index in [1.54, 1.807) is 11.3 Å². The molecular weight excluding hydrogens is 264 g/mol. The SMILES string of the molecule is COC(=O)CCc1csc(NC2(C)CCCOC2)n1. The van der Waals surface area contributed by atoms with Gasteiger partial charge in [0, 0.05) is 18.4 Å². The molecule has 0 aromatic carbocycles. The number of hydrogen-bond donors (Lipinski definition) is 1. The van der Waals surface area contributed by atoms with Crippen molar-refractivity contribution in [1.29, 1.82) is 0 Å². The zero-order valence-corrected chi connectivity index (χ0v) is 12.2. The molecule has 0 radical (unpaired) electrons. The van der Waals surface area contributed by atoms with Crippen molar-refractivity contribution in [2.24, 2.45) is 0 Å². The van der Waals surface area contributed by atoms with Gasteiger partial charge in [-0.05, 0) is 19.8 Å². The summed E-state index contributed by atoms with van der Waals surface area (Å²) in [6.45, 7) is 3.71. The van der Waals surface area contributed by atoms with Crippen molar-refractivity contribution in [3.05, 3.63) is 11.1 Å². The summed E-state index contributed by atoms with van der Waals surface area (Å²) in [5.74, 6) is -0.199. The second-order valence-electron chi connectivity index (χ2n) is 5.06. The maximum absolute atomic E-state index is 11.1. The minimum Gasteiger partial charge on any atom is -0.469 e. The predicted molar refractivity (Wildman–Crippen MR) is 74.5 cm³/mol. The van der Waals surface area contributed by atoms with Gasteiger partial charge < -0.3 is 14.8 Å². The highest BCUT2D eigenvalue weighted by Gasteiger charge is 2.28. The monoisotopic (exact) mass is 284 g/mol. The Morgan fingerprint density at radius 3 is 3.21 bits per heavy atom. The molecule has 1 saturated heterocycles. The molecule has 19 heavy (non-hydrogen) atoms. The van der Waals surface area contributed by atoms with Crippen LogP contribution in [0.3, 0.4) is 0 Å². The molecule has 0 saturated carbocycles. The average molecular weight is 284 g/mol. The number of nitrogens with one attached hydrogen (secondary N) is 1. The summed E-state index contributed by atoms with van der Waals surface area (Å²) >= 11 is 1.57. The largest absolute Gasteiger partial charge is 0.469 e. The summed E-state index contributed by atoms with van der Waals surface area (Å²) in [4.78, 5) is 15.6. The number of ether oxygens (including phenoxy) is 2. The van der Waals surface area contributed by atoms with Gasteiger partial charge in [-0.3, -0.25) is 4.79 Å². The molecule has 2 heterocycles. The Labute approximate surface area is 117 Å². The Kier molecular flexibility index (Phi) is 4.76. The molecule has 1 fully saturated rings. The normalized spacial score (nSPS) is 23.1. The van der Waals surface area contributed by atoms with Gasteiger partial charge in [0.2, 0.25) is 0 Å². The Bertz CT molecular complexity index is 427. The van der Waals surface area contributed by atoms with Gasteiger partial charge in [-0.15, -0.1) is 11.3 Å². The van der Waals surface area contributed by atoms with Gasteiger partial charge in [-0.25, -0.2) is 4.98 Å². The quantitative estimate of drug-likeness (QED) is 0.840. The average Bonchev–Trinajstić information content (AvgIpc) is 2.83. The van der Waals surface area contributed by atoms with Crippen LogP contribution in [-0.2, 0) is 20.7 Å². The molecule has 1 unspecified atom stereocenters. The van der Waals surface area contributed by atoms with Crippen molar-refractivity contribution in [3.8, 4) is 0 Å². The Morgan fingerprint density at radius 1 is 1.68 bits per heavy atom. The van der Waals surface area contributed by atoms with Crippen molar-refractivity contribution in [1.82, 2.24) is 4.98 Å². The third-order valence-electron chi connectivity index (χ3n) is 3.21. The van der Waals surface area contributed by atoms with E-state index in [1.165, 1.54) is 7.11 Å². The van der Waals surface area contributed by atoms with Gasteiger partial charge in [0.15, 0.2) is 5.13 Å². The maximum atomic E-state index is 11.1. The summed E-state index contributed by atoms with van der Waals surface area (Å²) in [6.07, 6.45) is 3.16. The van der Waals surface area contributed by atoms with Crippen LogP contribution in [0, 0.1) is 0 Å². The molecule has 1 aliphatic rings. The second kappa shape index (κ2) is 6.34. The topological polar surface area (TPSA) is 60.5 Å². The lowest BCUT2D eigenvalue weighted by Gasteiger charge is -2.34. The second-order valence-corrected chi connectivity index (χ2v) is 5.92. The molecule has 2 rings (SSSR count). The van der Waals surface area contributed by atoms with Gasteiger partial charge >= 0.3 is 5.97 Å². The van der Waals surface area contributed by atoms with Crippen molar-refractivity contribution in [3.63, 3.8) is 0 Å². The van der Waals surface area contributed by atoms with Gasteiger partial charge in [0.25, 0.3) is 0 Å². The number of hydrogen-bond acceptors (Lipinski definition) is 6. The minimum absolute atomic E-state index is 0.0320. The van der Waals surface area contributed by atoms with Crippen LogP contribution in [0.4, 0.5) is 5.13 Å². The van der Waals surface area contributed by atoms with E-state index in [2.05, 4.69) is 22.0 Å². The number of carbonyl (C=O) groups is 1. The fraction of sp³-hybridized carbons (Fsp3) is 0.692. The predicted octanol–water partition coefficient (Wildman–Crippen LogP) is 2.23. The first-order valence-electron chi connectivity index (χ1n) is 6.48. The number of rotatable bonds is 5. The Hall–Kier alpha value is -1.14. The summed E-state index contributed by atoms with van der Waals surface area (Å²) in [5.41, 5.74) is 0.897. The molecule has 1 aromatic rings. The number of anilines is 1. The van der Waals surface area contributed by atoms with E-state index in [0.29, 0.717) is 19.4 Å². The first kappa shape index (κ1) is 14.3. The van der Waals surface area contributed by atoms with Crippen molar-refractivity contribution in [2.45, 2.75) is 38.1 Å². The van der Waals surface area contributed by atoms with Crippen LogP contribution in [0.5, 0.6) is 0 Å². The third kappa shape index (κ3) is 4.18. The zero-order valence-electron chi connectivity index (χ0n) is 11.4. The Balaban J connectivity index is 1.88. The molecule has 106 valence electrons. The van der Waals surface area contributed by atoms with Crippen LogP contribution in [0.1, 0.15) is 31.9 Å². The molecule has 1 aromatic heterocycles. The third-order valence-corrected chi connectivity index (χ3v) is 4.02. The number of methoxy groups -OCH3 is 1. The fourth-order valence-electron chi connectivity index (χ4n) is 2.10. The van der Waals surface area contributed by atoms with Gasteiger partial charge in [0.1, 0.15) is 0 Å². The van der Waals surface area contributed by atoms with E-state index in [9.17, 15) is 4.79 Å². The molecule has 1 aliphatic heterocycles. The highest BCUT2D eigenvalue weighted by Crippen LogP contribution is 2.26. The number of esters is 1. The molecule has 0 spiro atoms. The molecular formula is C13H20N2O3S. The molecule has 0 aliphatic carbocycles. The molecule has 0 amide bonds. The molecule has 6 heteroatoms. The van der Waals surface area contributed by atoms with Crippen LogP contribution in [0.2, 0.25) is 0 Å². The number of carbonyl (C=O) groups excluding carboxylic acids is 1. The summed E-state index contributed by atoms with van der Waals surface area (Å²) in [5, 5.41) is 6.33. The van der Waals surface area contributed by atoms with Crippen LogP contribution in [0.15, 0.2) is 5.38 Å². The lowest BCUT2D eigenvalue weighted by molar-refractivity contribution is -0.140. The summed E-state index contributed by atoms with van der Waals surface area (Å²) in [7, 11) is 1.40. The number of aromatic nitrogens is 1. The van der Waals surface area contributed by atoms with Gasteiger partial charge in [0.05, 0.1) is 31.4 Å². The molecule has 1 N–H and O–H groups in total. The lowest BCUT2D eigenvalue weighted by atomic mass is 9.95. The van der Waals surface area contributed by atoms with Crippen molar-refractivity contribution in [2.75, 3.05) is 25.6 Å². The number of aryl methyl sites for hydroxylation is 1.